The van der Waals surface area contributed by atoms with Crippen LogP contribution < -0.4 is 10.6 Å². The number of nitrogens with one attached hydrogen (secondary N) is 2. The number of rotatable bonds is 4. The van der Waals surface area contributed by atoms with Crippen molar-refractivity contribution in [1.82, 2.24) is 9.97 Å². The highest BCUT2D eigenvalue weighted by Gasteiger charge is 2.32. The molecule has 1 aliphatic rings. The van der Waals surface area contributed by atoms with Gasteiger partial charge in [0.1, 0.15) is 0 Å². The first-order valence-corrected chi connectivity index (χ1v) is 5.67. The lowest BCUT2D eigenvalue weighted by molar-refractivity contribution is 0.304. The number of nitrogens with zero attached hydrogens (tertiary/aromatic N) is 2. The first-order chi connectivity index (χ1) is 7.63. The SMILES string of the molecule is CCNc1ncc(F)c(NC2(C)CCC2)n1. The van der Waals surface area contributed by atoms with E-state index in [1.807, 2.05) is 6.92 Å². The molecule has 0 unspecified atom stereocenters. The molecule has 1 saturated carbocycles. The van der Waals surface area contributed by atoms with Crippen LogP contribution in [0.3, 0.4) is 0 Å². The molecule has 1 aromatic rings. The van der Waals surface area contributed by atoms with Crippen LogP contribution in [-0.4, -0.2) is 22.1 Å². The Bertz CT molecular complexity index is 376. The normalized spacial score (nSPS) is 17.7. The molecule has 1 aromatic heterocycles. The maximum atomic E-state index is 13.5. The number of hydrogen-bond donors (Lipinski definition) is 2. The van der Waals surface area contributed by atoms with Crippen LogP contribution in [0.2, 0.25) is 0 Å². The second kappa shape index (κ2) is 4.23. The van der Waals surface area contributed by atoms with E-state index in [0.717, 1.165) is 19.4 Å². The fraction of sp³-hybridized carbons (Fsp3) is 0.636. The van der Waals surface area contributed by atoms with E-state index >= 15 is 0 Å². The smallest absolute Gasteiger partial charge is 0.224 e. The average molecular weight is 224 g/mol. The van der Waals surface area contributed by atoms with Gasteiger partial charge in [0, 0.05) is 12.1 Å². The van der Waals surface area contributed by atoms with Gasteiger partial charge < -0.3 is 10.6 Å². The molecule has 2 rings (SSSR count). The summed E-state index contributed by atoms with van der Waals surface area (Å²) in [5, 5.41) is 6.12. The minimum atomic E-state index is -0.394. The highest BCUT2D eigenvalue weighted by Crippen LogP contribution is 2.34. The lowest BCUT2D eigenvalue weighted by Gasteiger charge is -2.39. The minimum absolute atomic E-state index is 0.00131. The first kappa shape index (κ1) is 11.1. The fourth-order valence-electron chi connectivity index (χ4n) is 1.82. The van der Waals surface area contributed by atoms with Crippen LogP contribution in [0.5, 0.6) is 0 Å². The summed E-state index contributed by atoms with van der Waals surface area (Å²) in [7, 11) is 0. The van der Waals surface area contributed by atoms with Gasteiger partial charge in [0.2, 0.25) is 5.95 Å². The maximum absolute atomic E-state index is 13.5. The van der Waals surface area contributed by atoms with Crippen molar-refractivity contribution in [3.8, 4) is 0 Å². The zero-order valence-electron chi connectivity index (χ0n) is 9.68. The van der Waals surface area contributed by atoms with Gasteiger partial charge in [-0.25, -0.2) is 9.37 Å². The van der Waals surface area contributed by atoms with Crippen LogP contribution in [0.1, 0.15) is 33.1 Å². The second-order valence-electron chi connectivity index (χ2n) is 4.46. The molecular weight excluding hydrogens is 207 g/mol. The Kier molecular flexibility index (Phi) is 2.94. The van der Waals surface area contributed by atoms with Crippen molar-refractivity contribution < 1.29 is 4.39 Å². The van der Waals surface area contributed by atoms with Gasteiger partial charge in [0.05, 0.1) is 6.20 Å². The topological polar surface area (TPSA) is 49.8 Å². The van der Waals surface area contributed by atoms with Crippen LogP contribution in [-0.2, 0) is 0 Å². The lowest BCUT2D eigenvalue weighted by atomic mass is 9.78. The molecule has 1 heterocycles. The van der Waals surface area contributed by atoms with E-state index in [-0.39, 0.29) is 5.54 Å². The third kappa shape index (κ3) is 2.23. The second-order valence-corrected chi connectivity index (χ2v) is 4.46. The molecule has 4 nitrogen and oxygen atoms in total. The summed E-state index contributed by atoms with van der Waals surface area (Å²) in [6, 6.07) is 0. The summed E-state index contributed by atoms with van der Waals surface area (Å²) in [5.74, 6) is 0.372. The molecule has 0 aromatic carbocycles. The molecule has 0 spiro atoms. The molecule has 0 saturated heterocycles. The largest absolute Gasteiger partial charge is 0.362 e. The van der Waals surface area contributed by atoms with Gasteiger partial charge >= 0.3 is 0 Å². The van der Waals surface area contributed by atoms with Crippen molar-refractivity contribution in [3.63, 3.8) is 0 Å². The molecule has 1 aliphatic carbocycles. The van der Waals surface area contributed by atoms with Gasteiger partial charge in [0.15, 0.2) is 11.6 Å². The van der Waals surface area contributed by atoms with Gasteiger partial charge in [-0.3, -0.25) is 0 Å². The van der Waals surface area contributed by atoms with E-state index in [0.29, 0.717) is 11.8 Å². The highest BCUT2D eigenvalue weighted by atomic mass is 19.1. The summed E-state index contributed by atoms with van der Waals surface area (Å²) in [5.41, 5.74) is -0.00131. The van der Waals surface area contributed by atoms with Crippen molar-refractivity contribution >= 4 is 11.8 Å². The van der Waals surface area contributed by atoms with Gasteiger partial charge in [-0.05, 0) is 33.1 Å². The Labute approximate surface area is 94.7 Å². The lowest BCUT2D eigenvalue weighted by Crippen LogP contribution is -2.42. The van der Waals surface area contributed by atoms with Crippen molar-refractivity contribution in [2.45, 2.75) is 38.6 Å². The van der Waals surface area contributed by atoms with Gasteiger partial charge in [-0.2, -0.15) is 4.98 Å². The van der Waals surface area contributed by atoms with E-state index in [2.05, 4.69) is 27.5 Å². The summed E-state index contributed by atoms with van der Waals surface area (Å²) < 4.78 is 13.5. The molecule has 0 radical (unpaired) electrons. The van der Waals surface area contributed by atoms with Crippen LogP contribution in [0.25, 0.3) is 0 Å². The molecule has 16 heavy (non-hydrogen) atoms. The number of hydrogen-bond acceptors (Lipinski definition) is 4. The van der Waals surface area contributed by atoms with Crippen molar-refractivity contribution in [1.29, 1.82) is 0 Å². The molecule has 2 N–H and O–H groups in total. The molecule has 0 atom stereocenters. The summed E-state index contributed by atoms with van der Waals surface area (Å²) >= 11 is 0. The van der Waals surface area contributed by atoms with Crippen molar-refractivity contribution in [2.24, 2.45) is 0 Å². The zero-order chi connectivity index (χ0) is 11.6. The van der Waals surface area contributed by atoms with Crippen LogP contribution in [0.15, 0.2) is 6.20 Å². The molecule has 88 valence electrons. The number of anilines is 2. The Balaban J connectivity index is 2.15. The monoisotopic (exact) mass is 224 g/mol. The van der Waals surface area contributed by atoms with Gasteiger partial charge in [-0.15, -0.1) is 0 Å². The van der Waals surface area contributed by atoms with E-state index in [9.17, 15) is 4.39 Å². The molecule has 0 aliphatic heterocycles. The number of aromatic nitrogens is 2. The van der Waals surface area contributed by atoms with E-state index in [1.54, 1.807) is 0 Å². The average Bonchev–Trinajstić information content (AvgIpc) is 2.21. The minimum Gasteiger partial charge on any atom is -0.362 e. The zero-order valence-corrected chi connectivity index (χ0v) is 9.68. The molecular formula is C11H17FN4. The third-order valence-electron chi connectivity index (χ3n) is 2.96. The van der Waals surface area contributed by atoms with Gasteiger partial charge in [0.25, 0.3) is 0 Å². The number of halogens is 1. The summed E-state index contributed by atoms with van der Waals surface area (Å²) in [4.78, 5) is 7.99. The molecule has 5 heteroatoms. The van der Waals surface area contributed by atoms with Crippen LogP contribution in [0, 0.1) is 5.82 Å². The van der Waals surface area contributed by atoms with E-state index < -0.39 is 5.82 Å². The Hall–Kier alpha value is -1.39. The standard InChI is InChI=1S/C11H17FN4/c1-3-13-10-14-7-8(12)9(15-10)16-11(2)5-4-6-11/h7H,3-6H2,1-2H3,(H2,13,14,15,16). The first-order valence-electron chi connectivity index (χ1n) is 5.67. The Morgan fingerprint density at radius 3 is 2.81 bits per heavy atom. The third-order valence-corrected chi connectivity index (χ3v) is 2.96. The fourth-order valence-corrected chi connectivity index (χ4v) is 1.82. The predicted molar refractivity (Wildman–Crippen MR) is 62.0 cm³/mol. The van der Waals surface area contributed by atoms with E-state index in [4.69, 9.17) is 0 Å². The quantitative estimate of drug-likeness (QED) is 0.824. The predicted octanol–water partition coefficient (Wildman–Crippen LogP) is 2.40. The molecule has 1 fully saturated rings. The van der Waals surface area contributed by atoms with Crippen molar-refractivity contribution in [2.75, 3.05) is 17.2 Å². The van der Waals surface area contributed by atoms with Crippen LogP contribution in [0.4, 0.5) is 16.2 Å². The molecule has 0 amide bonds. The Morgan fingerprint density at radius 1 is 1.50 bits per heavy atom. The summed E-state index contributed by atoms with van der Waals surface area (Å²) in [6.45, 7) is 4.76. The van der Waals surface area contributed by atoms with Crippen LogP contribution >= 0.6 is 0 Å². The highest BCUT2D eigenvalue weighted by molar-refractivity contribution is 5.43. The van der Waals surface area contributed by atoms with E-state index in [1.165, 1.54) is 12.6 Å². The Morgan fingerprint density at radius 2 is 2.25 bits per heavy atom. The maximum Gasteiger partial charge on any atom is 0.224 e. The van der Waals surface area contributed by atoms with Gasteiger partial charge in [-0.1, -0.05) is 0 Å². The van der Waals surface area contributed by atoms with Crippen molar-refractivity contribution in [3.05, 3.63) is 12.0 Å². The molecule has 0 bridgehead atoms. The summed E-state index contributed by atoms with van der Waals surface area (Å²) in [6.07, 6.45) is 4.52.